The number of carbonyl (C=O) groups is 1. The molecule has 0 unspecified atom stereocenters. The molecule has 0 amide bonds. The number of hydrogen-bond donors (Lipinski definition) is 0. The normalized spacial score (nSPS) is 12.0. The summed E-state index contributed by atoms with van der Waals surface area (Å²) < 4.78 is 11.4. The third kappa shape index (κ3) is 4.91. The zero-order chi connectivity index (χ0) is 21.3. The molecule has 0 spiro atoms. The van der Waals surface area contributed by atoms with E-state index in [1.165, 1.54) is 6.92 Å². The largest absolute Gasteiger partial charge is 0.402 e. The summed E-state index contributed by atoms with van der Waals surface area (Å²) in [6.07, 6.45) is 0. The van der Waals surface area contributed by atoms with Crippen molar-refractivity contribution in [1.82, 2.24) is 0 Å². The second-order valence-corrected chi connectivity index (χ2v) is 13.7. The van der Waals surface area contributed by atoms with Gasteiger partial charge >= 0.3 is 5.97 Å². The van der Waals surface area contributed by atoms with E-state index in [0.29, 0.717) is 0 Å². The molecule has 0 fully saturated rings. The molecule has 0 atom stereocenters. The number of halogens is 6. The number of benzene rings is 3. The van der Waals surface area contributed by atoms with Crippen LogP contribution < -0.4 is 0 Å². The van der Waals surface area contributed by atoms with Gasteiger partial charge < -0.3 is 4.18 Å². The van der Waals surface area contributed by atoms with Crippen LogP contribution in [-0.2, 0) is 8.98 Å². The summed E-state index contributed by atoms with van der Waals surface area (Å²) in [7, 11) is -2.47. The van der Waals surface area contributed by atoms with Gasteiger partial charge in [-0.25, -0.2) is 0 Å². The highest BCUT2D eigenvalue weighted by Gasteiger charge is 2.41. The molecule has 0 aliphatic heterocycles. The highest BCUT2D eigenvalue weighted by Crippen LogP contribution is 2.74. The van der Waals surface area contributed by atoms with Crippen LogP contribution >= 0.6 is 106 Å². The predicted octanol–water partition coefficient (Wildman–Crippen LogP) is 10.0. The summed E-state index contributed by atoms with van der Waals surface area (Å²) in [6.45, 7) is 1.44. The lowest BCUT2D eigenvalue weighted by Gasteiger charge is -2.41. The van der Waals surface area contributed by atoms with E-state index in [2.05, 4.69) is 95.6 Å². The highest BCUT2D eigenvalue weighted by atomic mass is 79.9. The summed E-state index contributed by atoms with van der Waals surface area (Å²) in [5.74, 6) is -0.368. The smallest absolute Gasteiger partial charge is 0.313 e. The standard InChI is InChI=1S/C20H12Br6O2S/c1-11(27)28-29(14-5-3-2-4-6-14,19-15(23)7-12(21)8-16(19)24)20-17(25)9-13(22)10-18(20)26/h2-10H,1H3. The van der Waals surface area contributed by atoms with Crippen LogP contribution in [0, 0.1) is 0 Å². The minimum atomic E-state index is -2.47. The maximum absolute atomic E-state index is 12.5. The van der Waals surface area contributed by atoms with Gasteiger partial charge in [0.15, 0.2) is 0 Å². The van der Waals surface area contributed by atoms with Gasteiger partial charge in [-0.3, -0.25) is 4.79 Å². The van der Waals surface area contributed by atoms with E-state index in [1.54, 1.807) is 0 Å². The fourth-order valence-corrected chi connectivity index (χ4v) is 13.3. The lowest BCUT2D eigenvalue weighted by atomic mass is 10.3. The molecule has 152 valence electrons. The third-order valence-electron chi connectivity index (χ3n) is 3.82. The van der Waals surface area contributed by atoms with Crippen molar-refractivity contribution < 1.29 is 8.98 Å². The van der Waals surface area contributed by atoms with E-state index >= 15 is 0 Å². The Morgan fingerprint density at radius 2 is 1.10 bits per heavy atom. The maximum atomic E-state index is 12.5. The molecule has 3 aromatic rings. The summed E-state index contributed by atoms with van der Waals surface area (Å²) in [6, 6.07) is 17.6. The molecule has 3 rings (SSSR count). The van der Waals surface area contributed by atoms with Gasteiger partial charge in [0.05, 0.1) is 9.79 Å². The first kappa shape index (κ1) is 24.0. The molecule has 0 heterocycles. The van der Waals surface area contributed by atoms with Crippen LogP contribution in [-0.4, -0.2) is 5.97 Å². The van der Waals surface area contributed by atoms with E-state index in [1.807, 2.05) is 54.6 Å². The van der Waals surface area contributed by atoms with Crippen LogP contribution in [0.15, 0.2) is 96.1 Å². The van der Waals surface area contributed by atoms with Crippen LogP contribution in [0.1, 0.15) is 6.92 Å². The van der Waals surface area contributed by atoms with Crippen molar-refractivity contribution in [2.24, 2.45) is 0 Å². The van der Waals surface area contributed by atoms with Gasteiger partial charge in [-0.1, -0.05) is 50.1 Å². The second-order valence-electron chi connectivity index (χ2n) is 5.84. The molecule has 0 radical (unpaired) electrons. The fraction of sp³-hybridized carbons (Fsp3) is 0.0500. The first-order chi connectivity index (χ1) is 13.7. The number of rotatable bonds is 4. The van der Waals surface area contributed by atoms with E-state index in [0.717, 1.165) is 41.5 Å². The molecule has 2 nitrogen and oxygen atoms in total. The van der Waals surface area contributed by atoms with E-state index in [9.17, 15) is 4.79 Å². The Bertz CT molecular complexity index is 984. The van der Waals surface area contributed by atoms with Gasteiger partial charge in [0.25, 0.3) is 0 Å². The van der Waals surface area contributed by atoms with Crippen LogP contribution in [0.4, 0.5) is 0 Å². The van der Waals surface area contributed by atoms with Crippen molar-refractivity contribution in [2.75, 3.05) is 0 Å². The van der Waals surface area contributed by atoms with E-state index < -0.39 is 10.3 Å². The van der Waals surface area contributed by atoms with Crippen molar-refractivity contribution in [3.63, 3.8) is 0 Å². The molecule has 0 aromatic heterocycles. The summed E-state index contributed by atoms with van der Waals surface area (Å²) in [5, 5.41) is 0. The SMILES string of the molecule is CC(=O)OS(c1ccccc1)(c1c(Br)cc(Br)cc1Br)c1c(Br)cc(Br)cc1Br. The second kappa shape index (κ2) is 9.88. The third-order valence-corrected chi connectivity index (χ3v) is 11.7. The quantitative estimate of drug-likeness (QED) is 0.263. The molecule has 0 saturated carbocycles. The summed E-state index contributed by atoms with van der Waals surface area (Å²) in [5.41, 5.74) is 0. The molecule has 0 aliphatic carbocycles. The first-order valence-electron chi connectivity index (χ1n) is 8.04. The Balaban J connectivity index is 2.56. The first-order valence-corrected chi connectivity index (χ1v) is 14.4. The Morgan fingerprint density at radius 1 is 0.724 bits per heavy atom. The minimum Gasteiger partial charge on any atom is -0.402 e. The van der Waals surface area contributed by atoms with E-state index in [4.69, 9.17) is 4.18 Å². The van der Waals surface area contributed by atoms with Crippen LogP contribution in [0.3, 0.4) is 0 Å². The van der Waals surface area contributed by atoms with Crippen molar-refractivity contribution >= 4 is 112 Å². The van der Waals surface area contributed by atoms with Gasteiger partial charge in [-0.15, -0.1) is 0 Å². The fourth-order valence-electron chi connectivity index (χ4n) is 2.86. The summed E-state index contributed by atoms with van der Waals surface area (Å²) >= 11 is 21.9. The van der Waals surface area contributed by atoms with Gasteiger partial charge in [-0.05, 0) is 110 Å². The summed E-state index contributed by atoms with van der Waals surface area (Å²) in [4.78, 5) is 15.1. The van der Waals surface area contributed by atoms with Gasteiger partial charge in [-0.2, -0.15) is 0 Å². The lowest BCUT2D eigenvalue weighted by molar-refractivity contribution is -0.131. The predicted molar refractivity (Wildman–Crippen MR) is 140 cm³/mol. The highest BCUT2D eigenvalue weighted by molar-refractivity contribution is 9.12. The van der Waals surface area contributed by atoms with E-state index in [-0.39, 0.29) is 5.97 Å². The average Bonchev–Trinajstić information content (AvgIpc) is 2.59. The average molecular weight is 796 g/mol. The van der Waals surface area contributed by atoms with Crippen molar-refractivity contribution in [3.8, 4) is 0 Å². The number of carbonyl (C=O) groups excluding carboxylic acids is 1. The number of hydrogen-bond acceptors (Lipinski definition) is 2. The topological polar surface area (TPSA) is 26.3 Å². The van der Waals surface area contributed by atoms with Crippen molar-refractivity contribution in [2.45, 2.75) is 21.6 Å². The Labute approximate surface area is 221 Å². The van der Waals surface area contributed by atoms with Crippen LogP contribution in [0.5, 0.6) is 0 Å². The van der Waals surface area contributed by atoms with Crippen LogP contribution in [0.25, 0.3) is 0 Å². The monoisotopic (exact) mass is 790 g/mol. The zero-order valence-electron chi connectivity index (χ0n) is 14.7. The zero-order valence-corrected chi connectivity index (χ0v) is 25.0. The maximum Gasteiger partial charge on any atom is 0.313 e. The molecular formula is C20H12Br6O2S. The molecular weight excluding hydrogens is 784 g/mol. The lowest BCUT2D eigenvalue weighted by Crippen LogP contribution is -2.13. The molecule has 0 N–H and O–H groups in total. The van der Waals surface area contributed by atoms with Gasteiger partial charge in [0.1, 0.15) is 0 Å². The van der Waals surface area contributed by atoms with Crippen LogP contribution in [0.2, 0.25) is 0 Å². The Hall–Kier alpha value is 0.360. The molecule has 0 saturated heterocycles. The van der Waals surface area contributed by atoms with Gasteiger partial charge in [0.2, 0.25) is 0 Å². The Kier molecular flexibility index (Phi) is 8.18. The minimum absolute atomic E-state index is 0.368. The molecule has 29 heavy (non-hydrogen) atoms. The van der Waals surface area contributed by atoms with Gasteiger partial charge in [0, 0.05) is 38.7 Å². The molecule has 3 aromatic carbocycles. The molecule has 0 bridgehead atoms. The van der Waals surface area contributed by atoms with Crippen molar-refractivity contribution in [3.05, 3.63) is 81.4 Å². The van der Waals surface area contributed by atoms with Crippen molar-refractivity contribution in [1.29, 1.82) is 0 Å². The molecule has 9 heteroatoms. The Morgan fingerprint density at radius 3 is 1.45 bits per heavy atom. The molecule has 0 aliphatic rings.